The second kappa shape index (κ2) is 8.90. The molecule has 2 amide bonds. The first kappa shape index (κ1) is 21.9. The van der Waals surface area contributed by atoms with E-state index in [4.69, 9.17) is 4.74 Å². The quantitative estimate of drug-likeness (QED) is 0.439. The van der Waals surface area contributed by atoms with Gasteiger partial charge in [-0.25, -0.2) is 26.7 Å². The van der Waals surface area contributed by atoms with E-state index in [9.17, 15) is 36.3 Å². The Kier molecular flexibility index (Phi) is 6.28. The summed E-state index contributed by atoms with van der Waals surface area (Å²) in [5.74, 6) is -11.2. The van der Waals surface area contributed by atoms with Gasteiger partial charge in [0.15, 0.2) is 29.9 Å². The molecule has 31 heavy (non-hydrogen) atoms. The highest BCUT2D eigenvalue weighted by Crippen LogP contribution is 2.30. The third kappa shape index (κ3) is 4.68. The molecular weight excluding hydrogens is 429 g/mol. The fraction of sp³-hybridized carbons (Fsp3) is 0.158. The Labute approximate surface area is 171 Å². The Balaban J connectivity index is 1.74. The molecule has 2 aromatic carbocycles. The normalized spacial score (nSPS) is 13.6. The molecule has 0 saturated heterocycles. The maximum Gasteiger partial charge on any atom is 0.355 e. The lowest BCUT2D eigenvalue weighted by Crippen LogP contribution is -2.37. The van der Waals surface area contributed by atoms with Gasteiger partial charge >= 0.3 is 5.97 Å². The third-order valence-electron chi connectivity index (χ3n) is 4.05. The van der Waals surface area contributed by atoms with Crippen molar-refractivity contribution in [1.82, 2.24) is 0 Å². The van der Waals surface area contributed by atoms with E-state index >= 15 is 0 Å². The van der Waals surface area contributed by atoms with Gasteiger partial charge in [0.2, 0.25) is 5.91 Å². The minimum atomic E-state index is -1.88. The maximum absolute atomic E-state index is 14.0. The standard InChI is InChI=1S/C19H12F5N3O4/c20-9-3-1-2-4-12(9)25-14(28)8-31-19(30)13-5-6-15(29)27(26-13)18-16(23)10(21)7-11(22)17(18)24/h1-4,7H,5-6,8H2,(H,25,28). The number of hydrogen-bond acceptors (Lipinski definition) is 5. The first-order chi connectivity index (χ1) is 14.7. The highest BCUT2D eigenvalue weighted by Gasteiger charge is 2.33. The van der Waals surface area contributed by atoms with Gasteiger partial charge in [-0.2, -0.15) is 10.1 Å². The number of halogens is 5. The molecule has 0 radical (unpaired) electrons. The van der Waals surface area contributed by atoms with E-state index in [2.05, 4.69) is 10.4 Å². The van der Waals surface area contributed by atoms with Crippen LogP contribution in [0.3, 0.4) is 0 Å². The van der Waals surface area contributed by atoms with Gasteiger partial charge in [-0.1, -0.05) is 12.1 Å². The number of anilines is 2. The van der Waals surface area contributed by atoms with E-state index in [1.54, 1.807) is 0 Å². The Hall–Kier alpha value is -3.83. The molecule has 0 atom stereocenters. The summed E-state index contributed by atoms with van der Waals surface area (Å²) in [5, 5.41) is 5.62. The van der Waals surface area contributed by atoms with E-state index < -0.39 is 71.3 Å². The number of para-hydroxylation sites is 1. The van der Waals surface area contributed by atoms with E-state index in [-0.39, 0.29) is 23.2 Å². The summed E-state index contributed by atoms with van der Waals surface area (Å²) in [6.45, 7) is -0.864. The SMILES string of the molecule is O=C(COC(=O)C1=NN(c2c(F)c(F)cc(F)c2F)C(=O)CC1)Nc1ccccc1F. The summed E-state index contributed by atoms with van der Waals surface area (Å²) < 4.78 is 73.1. The van der Waals surface area contributed by atoms with Crippen molar-refractivity contribution >= 4 is 34.9 Å². The molecule has 1 aliphatic heterocycles. The van der Waals surface area contributed by atoms with E-state index in [1.165, 1.54) is 18.2 Å². The lowest BCUT2D eigenvalue weighted by atomic mass is 10.1. The number of hydrazone groups is 1. The predicted molar refractivity (Wildman–Crippen MR) is 96.4 cm³/mol. The molecule has 0 aromatic heterocycles. The van der Waals surface area contributed by atoms with Gasteiger partial charge in [0.1, 0.15) is 17.2 Å². The maximum atomic E-state index is 14.0. The Morgan fingerprint density at radius 2 is 1.65 bits per heavy atom. The highest BCUT2D eigenvalue weighted by atomic mass is 19.2. The lowest BCUT2D eigenvalue weighted by Gasteiger charge is -2.23. The average molecular weight is 441 g/mol. The van der Waals surface area contributed by atoms with Crippen LogP contribution in [0, 0.1) is 29.1 Å². The smallest absolute Gasteiger partial charge is 0.355 e. The number of rotatable bonds is 5. The van der Waals surface area contributed by atoms with Gasteiger partial charge in [-0.05, 0) is 12.1 Å². The fourth-order valence-corrected chi connectivity index (χ4v) is 2.59. The molecule has 0 aliphatic carbocycles. The second-order valence-corrected chi connectivity index (χ2v) is 6.17. The van der Waals surface area contributed by atoms with Gasteiger partial charge < -0.3 is 10.1 Å². The van der Waals surface area contributed by atoms with Gasteiger partial charge in [-0.15, -0.1) is 0 Å². The number of carbonyl (C=O) groups is 3. The van der Waals surface area contributed by atoms with E-state index in [1.807, 2.05) is 0 Å². The van der Waals surface area contributed by atoms with Crippen molar-refractivity contribution < 1.29 is 41.1 Å². The molecule has 2 aromatic rings. The predicted octanol–water partition coefficient (Wildman–Crippen LogP) is 3.05. The number of amides is 2. The summed E-state index contributed by atoms with van der Waals surface area (Å²) in [6, 6.07) is 5.17. The molecule has 1 heterocycles. The molecule has 0 unspecified atom stereocenters. The van der Waals surface area contributed by atoms with Crippen LogP contribution < -0.4 is 10.3 Å². The molecule has 0 saturated carbocycles. The molecular formula is C19H12F5N3O4. The van der Waals surface area contributed by atoms with Crippen LogP contribution in [-0.2, 0) is 19.1 Å². The summed E-state index contributed by atoms with van der Waals surface area (Å²) in [6.07, 6.45) is -0.795. The van der Waals surface area contributed by atoms with E-state index in [0.29, 0.717) is 0 Å². The van der Waals surface area contributed by atoms with Gasteiger partial charge in [0.05, 0.1) is 5.69 Å². The van der Waals surface area contributed by atoms with Gasteiger partial charge in [0.25, 0.3) is 5.91 Å². The van der Waals surface area contributed by atoms with Gasteiger partial charge in [0, 0.05) is 18.9 Å². The van der Waals surface area contributed by atoms with Crippen molar-refractivity contribution in [3.63, 3.8) is 0 Å². The van der Waals surface area contributed by atoms with E-state index in [0.717, 1.165) is 6.07 Å². The minimum Gasteiger partial charge on any atom is -0.451 e. The molecule has 0 spiro atoms. The van der Waals surface area contributed by atoms with Crippen LogP contribution in [0.4, 0.5) is 33.3 Å². The monoisotopic (exact) mass is 441 g/mol. The molecule has 12 heteroatoms. The van der Waals surface area contributed by atoms with Crippen molar-refractivity contribution in [2.24, 2.45) is 5.10 Å². The first-order valence-corrected chi connectivity index (χ1v) is 8.64. The third-order valence-corrected chi connectivity index (χ3v) is 4.05. The largest absolute Gasteiger partial charge is 0.451 e. The summed E-state index contributed by atoms with van der Waals surface area (Å²) >= 11 is 0. The van der Waals surface area contributed by atoms with Crippen molar-refractivity contribution in [3.05, 3.63) is 59.4 Å². The number of nitrogens with one attached hydrogen (secondary N) is 1. The Morgan fingerprint density at radius 3 is 2.29 bits per heavy atom. The number of benzene rings is 2. The van der Waals surface area contributed by atoms with Crippen LogP contribution in [0.15, 0.2) is 35.4 Å². The number of carbonyl (C=O) groups excluding carboxylic acids is 3. The molecule has 7 nitrogen and oxygen atoms in total. The topological polar surface area (TPSA) is 88.1 Å². The fourth-order valence-electron chi connectivity index (χ4n) is 2.59. The molecule has 162 valence electrons. The summed E-state index contributed by atoms with van der Waals surface area (Å²) in [5.41, 5.74) is -2.11. The van der Waals surface area contributed by atoms with Gasteiger partial charge in [-0.3, -0.25) is 9.59 Å². The summed E-state index contributed by atoms with van der Waals surface area (Å²) in [7, 11) is 0. The second-order valence-electron chi connectivity index (χ2n) is 6.17. The van der Waals surface area contributed by atoms with Crippen LogP contribution in [0.25, 0.3) is 0 Å². The zero-order valence-corrected chi connectivity index (χ0v) is 15.4. The first-order valence-electron chi connectivity index (χ1n) is 8.64. The van der Waals surface area contributed by atoms with Crippen molar-refractivity contribution in [3.8, 4) is 0 Å². The molecule has 1 N–H and O–H groups in total. The van der Waals surface area contributed by atoms with Crippen LogP contribution in [0.2, 0.25) is 0 Å². The molecule has 0 fully saturated rings. The average Bonchev–Trinajstić information content (AvgIpc) is 2.73. The zero-order valence-electron chi connectivity index (χ0n) is 15.4. The molecule has 3 rings (SSSR count). The Morgan fingerprint density at radius 1 is 1.00 bits per heavy atom. The highest BCUT2D eigenvalue weighted by molar-refractivity contribution is 6.38. The van der Waals surface area contributed by atoms with Crippen LogP contribution >= 0.6 is 0 Å². The minimum absolute atomic E-state index is 0.0241. The number of esters is 1. The number of hydrogen-bond donors (Lipinski definition) is 1. The summed E-state index contributed by atoms with van der Waals surface area (Å²) in [4.78, 5) is 35.9. The van der Waals surface area contributed by atoms with Crippen LogP contribution in [0.1, 0.15) is 12.8 Å². The zero-order chi connectivity index (χ0) is 22.7. The Bertz CT molecular complexity index is 1080. The lowest BCUT2D eigenvalue weighted by molar-refractivity contribution is -0.140. The van der Waals surface area contributed by atoms with Crippen LogP contribution in [-0.4, -0.2) is 30.1 Å². The van der Waals surface area contributed by atoms with Crippen molar-refractivity contribution in [1.29, 1.82) is 0 Å². The number of ether oxygens (including phenoxy) is 1. The molecule has 1 aliphatic rings. The molecule has 0 bridgehead atoms. The van der Waals surface area contributed by atoms with Crippen molar-refractivity contribution in [2.45, 2.75) is 12.8 Å². The number of nitrogens with zero attached hydrogens (tertiary/aromatic N) is 2. The van der Waals surface area contributed by atoms with Crippen LogP contribution in [0.5, 0.6) is 0 Å². The van der Waals surface area contributed by atoms with Crippen molar-refractivity contribution in [2.75, 3.05) is 16.9 Å².